The Morgan fingerprint density at radius 1 is 0.806 bits per heavy atom. The van der Waals surface area contributed by atoms with Gasteiger partial charge in [0, 0.05) is 33.4 Å². The van der Waals surface area contributed by atoms with Crippen LogP contribution in [0.2, 0.25) is 0 Å². The molecule has 0 bridgehead atoms. The van der Waals surface area contributed by atoms with Crippen LogP contribution in [-0.4, -0.2) is 61.2 Å². The molecule has 1 saturated heterocycles. The van der Waals surface area contributed by atoms with Gasteiger partial charge in [-0.15, -0.1) is 0 Å². The average molecular weight is 439 g/mol. The van der Waals surface area contributed by atoms with Crippen LogP contribution in [0.3, 0.4) is 0 Å². The fourth-order valence-corrected chi connectivity index (χ4v) is 2.96. The maximum atomic E-state index is 11.8. The van der Waals surface area contributed by atoms with Crippen molar-refractivity contribution in [2.75, 3.05) is 12.3 Å². The van der Waals surface area contributed by atoms with Crippen molar-refractivity contribution in [3.63, 3.8) is 0 Å². The van der Waals surface area contributed by atoms with Gasteiger partial charge in [0.15, 0.2) is 12.2 Å². The van der Waals surface area contributed by atoms with E-state index in [1.807, 2.05) is 0 Å². The number of nitrogens with two attached hydrogens (primary N) is 1. The lowest BCUT2D eigenvalue weighted by molar-refractivity contribution is -0.288. The molecule has 2 N–H and O–H groups in total. The maximum Gasteiger partial charge on any atom is 0.303 e. The van der Waals surface area contributed by atoms with Gasteiger partial charge in [0.2, 0.25) is 12.4 Å². The molecule has 170 valence electrons. The van der Waals surface area contributed by atoms with Crippen LogP contribution in [0.15, 0.2) is 24.3 Å². The minimum atomic E-state index is -1.29. The predicted molar refractivity (Wildman–Crippen MR) is 103 cm³/mol. The number of rotatable bonds is 7. The van der Waals surface area contributed by atoms with Crippen molar-refractivity contribution in [1.29, 1.82) is 0 Å². The molecule has 11 nitrogen and oxygen atoms in total. The molecule has 1 aromatic carbocycles. The largest absolute Gasteiger partial charge is 0.463 e. The van der Waals surface area contributed by atoms with E-state index in [4.69, 9.17) is 34.2 Å². The quantitative estimate of drug-likeness (QED) is 0.364. The highest BCUT2D eigenvalue weighted by Gasteiger charge is 2.53. The number of carbonyl (C=O) groups excluding carboxylic acids is 4. The van der Waals surface area contributed by atoms with Crippen molar-refractivity contribution in [3.8, 4) is 5.75 Å². The second-order valence-corrected chi connectivity index (χ2v) is 6.75. The minimum absolute atomic E-state index is 0.315. The zero-order valence-corrected chi connectivity index (χ0v) is 17.6. The van der Waals surface area contributed by atoms with Gasteiger partial charge in [-0.2, -0.15) is 0 Å². The number of benzene rings is 1. The molecule has 0 amide bonds. The summed E-state index contributed by atoms with van der Waals surface area (Å²) in [5.41, 5.74) is 6.17. The van der Waals surface area contributed by atoms with E-state index in [2.05, 4.69) is 0 Å². The molecule has 1 unspecified atom stereocenters. The monoisotopic (exact) mass is 439 g/mol. The van der Waals surface area contributed by atoms with E-state index >= 15 is 0 Å². The number of anilines is 1. The lowest BCUT2D eigenvalue weighted by Crippen LogP contribution is -2.63. The standard InChI is InChI=1S/C20H25NO10/c1-10(22)26-9-16-17(27-11(2)23)18(28-12(3)24)19(29-13(4)25)20(31-16)30-15-7-5-14(21)6-8-15/h5-8,16-20H,9,21H2,1-4H3/t16-,17-,18+,19+,20?/m1/s1. The van der Waals surface area contributed by atoms with Crippen molar-refractivity contribution >= 4 is 29.6 Å². The Morgan fingerprint density at radius 2 is 1.32 bits per heavy atom. The molecule has 0 radical (unpaired) electrons. The molecule has 5 atom stereocenters. The van der Waals surface area contributed by atoms with Gasteiger partial charge in [-0.3, -0.25) is 19.2 Å². The molecule has 1 fully saturated rings. The lowest BCUT2D eigenvalue weighted by Gasteiger charge is -2.43. The third-order valence-corrected chi connectivity index (χ3v) is 4.08. The first-order chi connectivity index (χ1) is 14.6. The van der Waals surface area contributed by atoms with E-state index in [0.29, 0.717) is 11.4 Å². The van der Waals surface area contributed by atoms with Crippen molar-refractivity contribution in [1.82, 2.24) is 0 Å². The van der Waals surface area contributed by atoms with Crippen molar-refractivity contribution in [3.05, 3.63) is 24.3 Å². The van der Waals surface area contributed by atoms with Gasteiger partial charge in [-0.25, -0.2) is 0 Å². The number of carbonyl (C=O) groups is 4. The highest BCUT2D eigenvalue weighted by Crippen LogP contribution is 2.31. The minimum Gasteiger partial charge on any atom is -0.463 e. The van der Waals surface area contributed by atoms with Crippen LogP contribution in [0.5, 0.6) is 5.75 Å². The normalized spacial score (nSPS) is 25.1. The van der Waals surface area contributed by atoms with Crippen molar-refractivity contribution < 1.29 is 47.6 Å². The second kappa shape index (κ2) is 10.6. The van der Waals surface area contributed by atoms with E-state index in [1.54, 1.807) is 24.3 Å². The second-order valence-electron chi connectivity index (χ2n) is 6.75. The summed E-state index contributed by atoms with van der Waals surface area (Å²) in [6.07, 6.45) is -6.20. The summed E-state index contributed by atoms with van der Waals surface area (Å²) >= 11 is 0. The van der Waals surface area contributed by atoms with Crippen molar-refractivity contribution in [2.24, 2.45) is 0 Å². The molecular weight excluding hydrogens is 414 g/mol. The van der Waals surface area contributed by atoms with E-state index in [0.717, 1.165) is 20.8 Å². The van der Waals surface area contributed by atoms with Gasteiger partial charge >= 0.3 is 23.9 Å². The molecule has 1 aliphatic rings. The van der Waals surface area contributed by atoms with Crippen LogP contribution in [-0.2, 0) is 42.9 Å². The van der Waals surface area contributed by atoms with Crippen molar-refractivity contribution in [2.45, 2.75) is 58.4 Å². The molecule has 1 heterocycles. The third-order valence-electron chi connectivity index (χ3n) is 4.08. The molecule has 0 aliphatic carbocycles. The van der Waals surface area contributed by atoms with Gasteiger partial charge in [-0.05, 0) is 24.3 Å². The molecule has 31 heavy (non-hydrogen) atoms. The summed E-state index contributed by atoms with van der Waals surface area (Å²) in [6.45, 7) is 4.29. The number of ether oxygens (including phenoxy) is 6. The average Bonchev–Trinajstić information content (AvgIpc) is 2.65. The molecule has 0 saturated carbocycles. The summed E-state index contributed by atoms with van der Waals surface area (Å²) < 4.78 is 32.6. The summed E-state index contributed by atoms with van der Waals surface area (Å²) in [7, 11) is 0. The van der Waals surface area contributed by atoms with Crippen LogP contribution < -0.4 is 10.5 Å². The molecule has 0 aromatic heterocycles. The van der Waals surface area contributed by atoms with Gasteiger partial charge in [0.05, 0.1) is 0 Å². The zero-order chi connectivity index (χ0) is 23.1. The zero-order valence-electron chi connectivity index (χ0n) is 17.6. The Kier molecular flexibility index (Phi) is 8.20. The molecule has 2 rings (SSSR count). The first-order valence-electron chi connectivity index (χ1n) is 9.39. The predicted octanol–water partition coefficient (Wildman–Crippen LogP) is 0.731. The van der Waals surface area contributed by atoms with E-state index in [1.165, 1.54) is 6.92 Å². The fraction of sp³-hybridized carbons (Fsp3) is 0.500. The Bertz CT molecular complexity index is 809. The van der Waals surface area contributed by atoms with Crippen LogP contribution in [0.25, 0.3) is 0 Å². The van der Waals surface area contributed by atoms with Gasteiger partial charge in [0.1, 0.15) is 18.5 Å². The van der Waals surface area contributed by atoms with E-state index < -0.39 is 54.6 Å². The maximum absolute atomic E-state index is 11.8. The van der Waals surface area contributed by atoms with Crippen LogP contribution >= 0.6 is 0 Å². The van der Waals surface area contributed by atoms with Crippen LogP contribution in [0, 0.1) is 0 Å². The van der Waals surface area contributed by atoms with E-state index in [9.17, 15) is 19.2 Å². The summed E-state index contributed by atoms with van der Waals surface area (Å²) in [6, 6.07) is 6.29. The topological polar surface area (TPSA) is 150 Å². The highest BCUT2D eigenvalue weighted by atomic mass is 16.7. The Hall–Kier alpha value is -3.34. The SMILES string of the molecule is CC(=O)OC[C@H]1OC(Oc2ccc(N)cc2)[C@@H](OC(C)=O)[C@@H](OC(C)=O)[C@@H]1OC(C)=O. The summed E-state index contributed by atoms with van der Waals surface area (Å²) in [5, 5.41) is 0. The van der Waals surface area contributed by atoms with Crippen LogP contribution in [0.1, 0.15) is 27.7 Å². The first kappa shape index (κ1) is 23.9. The first-order valence-corrected chi connectivity index (χ1v) is 9.39. The summed E-state index contributed by atoms with van der Waals surface area (Å²) in [4.78, 5) is 46.5. The molecule has 11 heteroatoms. The smallest absolute Gasteiger partial charge is 0.303 e. The Morgan fingerprint density at radius 3 is 1.84 bits per heavy atom. The van der Waals surface area contributed by atoms with Crippen LogP contribution in [0.4, 0.5) is 5.69 Å². The summed E-state index contributed by atoms with van der Waals surface area (Å²) in [5.74, 6) is -2.43. The molecule has 1 aliphatic heterocycles. The number of hydrogen-bond acceptors (Lipinski definition) is 11. The lowest BCUT2D eigenvalue weighted by atomic mass is 9.98. The van der Waals surface area contributed by atoms with Gasteiger partial charge < -0.3 is 34.2 Å². The number of nitrogen functional groups attached to an aromatic ring is 1. The molecule has 1 aromatic rings. The number of esters is 4. The number of hydrogen-bond donors (Lipinski definition) is 1. The molecule has 0 spiro atoms. The molecular formula is C20H25NO10. The van der Waals surface area contributed by atoms with Gasteiger partial charge in [0.25, 0.3) is 0 Å². The van der Waals surface area contributed by atoms with Gasteiger partial charge in [-0.1, -0.05) is 0 Å². The third kappa shape index (κ3) is 7.14. The Labute approximate surface area is 178 Å². The highest BCUT2D eigenvalue weighted by molar-refractivity contribution is 5.68. The fourth-order valence-electron chi connectivity index (χ4n) is 2.96. The van der Waals surface area contributed by atoms with E-state index in [-0.39, 0.29) is 6.61 Å². The Balaban J connectivity index is 2.43.